The lowest BCUT2D eigenvalue weighted by Crippen LogP contribution is -2.41. The zero-order chi connectivity index (χ0) is 26.8. The lowest BCUT2D eigenvalue weighted by Gasteiger charge is -2.41. The standard InChI is InChI=1S/C29H30O9/c1-33-23-9-17(10-24(34-2)28(23)35-3)25-18-11-21-22(38-15-37-21)12-19(18)27(30)20(26(25)29(31)32)14-36-13-16-7-5-4-6-8-16/h4-12,20,25-27,30H,13-15H2,1-3H3,(H,31,32). The number of ether oxygens (including phenoxy) is 6. The van der Waals surface area contributed by atoms with Crippen LogP contribution >= 0.6 is 0 Å². The van der Waals surface area contributed by atoms with Gasteiger partial charge in [0.15, 0.2) is 23.0 Å². The van der Waals surface area contributed by atoms with Gasteiger partial charge in [-0.1, -0.05) is 30.3 Å². The molecule has 5 rings (SSSR count). The normalized spacial score (nSPS) is 21.5. The number of benzene rings is 3. The number of carbonyl (C=O) groups is 1. The summed E-state index contributed by atoms with van der Waals surface area (Å²) in [6.45, 7) is 0.371. The number of hydrogen-bond donors (Lipinski definition) is 2. The Bertz CT molecular complexity index is 1280. The average molecular weight is 523 g/mol. The fourth-order valence-corrected chi connectivity index (χ4v) is 5.44. The maximum absolute atomic E-state index is 12.9. The van der Waals surface area contributed by atoms with Crippen molar-refractivity contribution in [2.24, 2.45) is 11.8 Å². The quantitative estimate of drug-likeness (QED) is 0.428. The van der Waals surface area contributed by atoms with Crippen LogP contribution in [0.15, 0.2) is 54.6 Å². The third kappa shape index (κ3) is 4.59. The highest BCUT2D eigenvalue weighted by atomic mass is 16.7. The van der Waals surface area contributed by atoms with Gasteiger partial charge in [-0.2, -0.15) is 0 Å². The van der Waals surface area contributed by atoms with E-state index in [1.807, 2.05) is 30.3 Å². The van der Waals surface area contributed by atoms with Crippen molar-refractivity contribution in [2.75, 3.05) is 34.7 Å². The van der Waals surface area contributed by atoms with Crippen molar-refractivity contribution < 1.29 is 43.4 Å². The van der Waals surface area contributed by atoms with Crippen LogP contribution in [0.25, 0.3) is 0 Å². The van der Waals surface area contributed by atoms with Crippen LogP contribution in [0.1, 0.15) is 34.3 Å². The second kappa shape index (κ2) is 10.8. The zero-order valence-electron chi connectivity index (χ0n) is 21.4. The number of rotatable bonds is 9. The molecule has 1 heterocycles. The fourth-order valence-electron chi connectivity index (χ4n) is 5.44. The number of methoxy groups -OCH3 is 3. The van der Waals surface area contributed by atoms with Gasteiger partial charge in [-0.05, 0) is 46.5 Å². The van der Waals surface area contributed by atoms with Gasteiger partial charge in [0, 0.05) is 11.8 Å². The van der Waals surface area contributed by atoms with Crippen molar-refractivity contribution in [3.63, 3.8) is 0 Å². The van der Waals surface area contributed by atoms with Gasteiger partial charge in [0.2, 0.25) is 12.5 Å². The van der Waals surface area contributed by atoms with Crippen molar-refractivity contribution in [2.45, 2.75) is 18.6 Å². The molecule has 9 nitrogen and oxygen atoms in total. The number of carboxylic acid groups (broad SMARTS) is 1. The van der Waals surface area contributed by atoms with Crippen molar-refractivity contribution in [3.8, 4) is 28.7 Å². The Labute approximate surface area is 220 Å². The summed E-state index contributed by atoms with van der Waals surface area (Å²) in [6, 6.07) is 16.6. The lowest BCUT2D eigenvalue weighted by molar-refractivity contribution is -0.149. The third-order valence-corrected chi connectivity index (χ3v) is 7.21. The van der Waals surface area contributed by atoms with Gasteiger partial charge >= 0.3 is 5.97 Å². The van der Waals surface area contributed by atoms with Crippen LogP contribution < -0.4 is 23.7 Å². The summed E-state index contributed by atoms with van der Waals surface area (Å²) >= 11 is 0. The molecule has 4 atom stereocenters. The Balaban J connectivity index is 1.62. The topological polar surface area (TPSA) is 113 Å². The number of aliphatic hydroxyl groups excluding tert-OH is 1. The predicted molar refractivity (Wildman–Crippen MR) is 136 cm³/mol. The largest absolute Gasteiger partial charge is 0.493 e. The molecule has 0 saturated heterocycles. The SMILES string of the molecule is COc1cc(C2c3cc4c(cc3C(O)C(COCc3ccccc3)C2C(=O)O)OCO4)cc(OC)c1OC. The number of carboxylic acids is 1. The summed E-state index contributed by atoms with van der Waals surface area (Å²) in [5.41, 5.74) is 2.78. The maximum atomic E-state index is 12.9. The van der Waals surface area contributed by atoms with Gasteiger partial charge in [0.1, 0.15) is 0 Å². The highest BCUT2D eigenvalue weighted by molar-refractivity contribution is 5.75. The van der Waals surface area contributed by atoms with Gasteiger partial charge in [-0.25, -0.2) is 0 Å². The molecule has 2 N–H and O–H groups in total. The molecule has 1 aliphatic heterocycles. The third-order valence-electron chi connectivity index (χ3n) is 7.21. The molecule has 0 bridgehead atoms. The van der Waals surface area contributed by atoms with Crippen molar-refractivity contribution in [1.29, 1.82) is 0 Å². The zero-order valence-corrected chi connectivity index (χ0v) is 21.4. The van der Waals surface area contributed by atoms with E-state index in [1.54, 1.807) is 24.3 Å². The summed E-state index contributed by atoms with van der Waals surface area (Å²) in [5.74, 6) is -1.33. The van der Waals surface area contributed by atoms with Crippen molar-refractivity contribution in [1.82, 2.24) is 0 Å². The van der Waals surface area contributed by atoms with E-state index in [4.69, 9.17) is 28.4 Å². The average Bonchev–Trinajstić information content (AvgIpc) is 3.40. The summed E-state index contributed by atoms with van der Waals surface area (Å²) < 4.78 is 33.7. The Hall–Kier alpha value is -3.95. The van der Waals surface area contributed by atoms with Crippen molar-refractivity contribution in [3.05, 3.63) is 76.9 Å². The maximum Gasteiger partial charge on any atom is 0.307 e. The second-order valence-corrected chi connectivity index (χ2v) is 9.24. The molecular formula is C29H30O9. The van der Waals surface area contributed by atoms with Crippen LogP contribution in [0.4, 0.5) is 0 Å². The summed E-state index contributed by atoms with van der Waals surface area (Å²) in [6.07, 6.45) is -1.10. The second-order valence-electron chi connectivity index (χ2n) is 9.24. The van der Waals surface area contributed by atoms with E-state index in [9.17, 15) is 15.0 Å². The molecule has 1 aliphatic carbocycles. The smallest absolute Gasteiger partial charge is 0.307 e. The minimum absolute atomic E-state index is 0.0296. The molecule has 0 spiro atoms. The minimum atomic E-state index is -1.10. The first-order chi connectivity index (χ1) is 18.5. The van der Waals surface area contributed by atoms with E-state index in [-0.39, 0.29) is 13.4 Å². The van der Waals surface area contributed by atoms with Gasteiger partial charge < -0.3 is 38.6 Å². The van der Waals surface area contributed by atoms with E-state index < -0.39 is 29.8 Å². The van der Waals surface area contributed by atoms with Crippen LogP contribution in [-0.2, 0) is 16.1 Å². The van der Waals surface area contributed by atoms with E-state index in [0.29, 0.717) is 52.0 Å². The number of aliphatic hydroxyl groups is 1. The van der Waals surface area contributed by atoms with Crippen LogP contribution in [0.5, 0.6) is 28.7 Å². The Morgan fingerprint density at radius 1 is 0.921 bits per heavy atom. The van der Waals surface area contributed by atoms with E-state index >= 15 is 0 Å². The van der Waals surface area contributed by atoms with E-state index in [2.05, 4.69) is 0 Å². The van der Waals surface area contributed by atoms with E-state index in [1.165, 1.54) is 21.3 Å². The van der Waals surface area contributed by atoms with Crippen LogP contribution in [-0.4, -0.2) is 50.9 Å². The van der Waals surface area contributed by atoms with Gasteiger partial charge in [-0.15, -0.1) is 0 Å². The number of aliphatic carboxylic acids is 1. The molecule has 38 heavy (non-hydrogen) atoms. The molecule has 9 heteroatoms. The Morgan fingerprint density at radius 3 is 2.13 bits per heavy atom. The molecule has 3 aromatic rings. The number of hydrogen-bond acceptors (Lipinski definition) is 8. The van der Waals surface area contributed by atoms with Crippen molar-refractivity contribution >= 4 is 5.97 Å². The minimum Gasteiger partial charge on any atom is -0.493 e. The van der Waals surface area contributed by atoms with Gasteiger partial charge in [-0.3, -0.25) is 4.79 Å². The van der Waals surface area contributed by atoms with Gasteiger partial charge in [0.05, 0.1) is 46.6 Å². The predicted octanol–water partition coefficient (Wildman–Crippen LogP) is 4.15. The monoisotopic (exact) mass is 522 g/mol. The van der Waals surface area contributed by atoms with Crippen LogP contribution in [0, 0.1) is 11.8 Å². The molecule has 4 unspecified atom stereocenters. The Kier molecular flexibility index (Phi) is 7.31. The molecular weight excluding hydrogens is 492 g/mol. The summed E-state index contributed by atoms with van der Waals surface area (Å²) in [7, 11) is 4.52. The summed E-state index contributed by atoms with van der Waals surface area (Å²) in [4.78, 5) is 12.9. The first-order valence-corrected chi connectivity index (χ1v) is 12.2. The summed E-state index contributed by atoms with van der Waals surface area (Å²) in [5, 5.41) is 22.0. The molecule has 0 radical (unpaired) electrons. The fraction of sp³-hybridized carbons (Fsp3) is 0.345. The first kappa shape index (κ1) is 25.7. The molecule has 0 fully saturated rings. The molecule has 0 aromatic heterocycles. The molecule has 2 aliphatic rings. The Morgan fingerprint density at radius 2 is 1.55 bits per heavy atom. The lowest BCUT2D eigenvalue weighted by atomic mass is 9.65. The molecule has 200 valence electrons. The number of fused-ring (bicyclic) bond motifs is 2. The molecule has 0 saturated carbocycles. The van der Waals surface area contributed by atoms with Crippen LogP contribution in [0.2, 0.25) is 0 Å². The van der Waals surface area contributed by atoms with E-state index in [0.717, 1.165) is 5.56 Å². The van der Waals surface area contributed by atoms with Gasteiger partial charge in [0.25, 0.3) is 0 Å². The highest BCUT2D eigenvalue weighted by Crippen LogP contribution is 2.53. The first-order valence-electron chi connectivity index (χ1n) is 12.2. The molecule has 0 amide bonds. The van der Waals surface area contributed by atoms with Crippen LogP contribution in [0.3, 0.4) is 0 Å². The molecule has 3 aromatic carbocycles. The highest BCUT2D eigenvalue weighted by Gasteiger charge is 2.48.